The molecule has 2 nitrogen and oxygen atoms in total. The molecular formula is C14H11FO2. The number of rotatable bonds is 0. The molecule has 0 radical (unpaired) electrons. The number of fused-ring (bicyclic) bond motifs is 3. The monoisotopic (exact) mass is 230 g/mol. The first-order chi connectivity index (χ1) is 8.27. The van der Waals surface area contributed by atoms with Crippen molar-refractivity contribution in [2.45, 2.75) is 6.42 Å². The quantitative estimate of drug-likeness (QED) is 0.695. The van der Waals surface area contributed by atoms with Gasteiger partial charge in [-0.1, -0.05) is 24.3 Å². The maximum absolute atomic E-state index is 13.9. The van der Waals surface area contributed by atoms with Gasteiger partial charge in [0.25, 0.3) is 0 Å². The molecule has 0 saturated heterocycles. The van der Waals surface area contributed by atoms with E-state index in [1.807, 2.05) is 12.1 Å². The van der Waals surface area contributed by atoms with E-state index in [9.17, 15) is 9.18 Å². The molecule has 86 valence electrons. The van der Waals surface area contributed by atoms with E-state index < -0.39 is 0 Å². The number of hydrogen-bond donors (Lipinski definition) is 0. The number of ether oxygens (including phenoxy) is 1. The summed E-state index contributed by atoms with van der Waals surface area (Å²) in [7, 11) is 0. The van der Waals surface area contributed by atoms with Crippen LogP contribution >= 0.6 is 0 Å². The van der Waals surface area contributed by atoms with E-state index in [0.717, 1.165) is 10.9 Å². The van der Waals surface area contributed by atoms with Gasteiger partial charge in [0.2, 0.25) is 0 Å². The van der Waals surface area contributed by atoms with Gasteiger partial charge < -0.3 is 4.74 Å². The lowest BCUT2D eigenvalue weighted by Crippen LogP contribution is -2.07. The van der Waals surface area contributed by atoms with Crippen molar-refractivity contribution in [3.63, 3.8) is 0 Å². The molecule has 0 bridgehead atoms. The van der Waals surface area contributed by atoms with Gasteiger partial charge in [-0.05, 0) is 23.4 Å². The predicted molar refractivity (Wildman–Crippen MR) is 62.8 cm³/mol. The standard InChI is InChI=1S/C14H11FO2/c15-13-7-12-10(5-6-17-8-14(12)16)9-3-1-2-4-11(9)13/h1-4,7H,5-6,8H2. The molecule has 17 heavy (non-hydrogen) atoms. The molecule has 0 amide bonds. The minimum Gasteiger partial charge on any atom is -0.373 e. The fourth-order valence-corrected chi connectivity index (χ4v) is 2.33. The molecule has 0 saturated carbocycles. The summed E-state index contributed by atoms with van der Waals surface area (Å²) in [6.07, 6.45) is 0.655. The smallest absolute Gasteiger partial charge is 0.188 e. The number of carbonyl (C=O) groups is 1. The highest BCUT2D eigenvalue weighted by Crippen LogP contribution is 2.27. The average molecular weight is 230 g/mol. The van der Waals surface area contributed by atoms with E-state index >= 15 is 0 Å². The molecule has 1 aliphatic rings. The van der Waals surface area contributed by atoms with Crippen LogP contribution in [0.5, 0.6) is 0 Å². The first-order valence-corrected chi connectivity index (χ1v) is 5.58. The van der Waals surface area contributed by atoms with Crippen LogP contribution in [-0.2, 0) is 11.2 Å². The Balaban J connectivity index is 2.38. The van der Waals surface area contributed by atoms with Gasteiger partial charge in [0, 0.05) is 10.9 Å². The zero-order valence-corrected chi connectivity index (χ0v) is 9.20. The van der Waals surface area contributed by atoms with E-state index in [0.29, 0.717) is 24.0 Å². The van der Waals surface area contributed by atoms with Gasteiger partial charge in [-0.25, -0.2) is 4.39 Å². The summed E-state index contributed by atoms with van der Waals surface area (Å²) in [6.45, 7) is 0.555. The lowest BCUT2D eigenvalue weighted by atomic mass is 9.95. The van der Waals surface area contributed by atoms with Crippen molar-refractivity contribution in [1.82, 2.24) is 0 Å². The largest absolute Gasteiger partial charge is 0.373 e. The second kappa shape index (κ2) is 3.93. The van der Waals surface area contributed by atoms with Crippen LogP contribution in [0, 0.1) is 5.82 Å². The predicted octanol–water partition coefficient (Wildman–Crippen LogP) is 2.73. The Morgan fingerprint density at radius 1 is 1.18 bits per heavy atom. The summed E-state index contributed by atoms with van der Waals surface area (Å²) < 4.78 is 19.1. The number of ketones is 1. The normalized spacial score (nSPS) is 15.7. The van der Waals surface area contributed by atoms with Crippen molar-refractivity contribution in [3.05, 3.63) is 47.3 Å². The second-order valence-electron chi connectivity index (χ2n) is 4.16. The Morgan fingerprint density at radius 3 is 2.76 bits per heavy atom. The van der Waals surface area contributed by atoms with Crippen LogP contribution in [-0.4, -0.2) is 19.0 Å². The van der Waals surface area contributed by atoms with Gasteiger partial charge in [-0.15, -0.1) is 0 Å². The molecule has 0 spiro atoms. The molecule has 0 aliphatic carbocycles. The van der Waals surface area contributed by atoms with Crippen LogP contribution in [0.1, 0.15) is 15.9 Å². The SMILES string of the molecule is O=C1COCCc2c1cc(F)c1ccccc21. The van der Waals surface area contributed by atoms with Gasteiger partial charge in [0.1, 0.15) is 12.4 Å². The second-order valence-corrected chi connectivity index (χ2v) is 4.16. The van der Waals surface area contributed by atoms with Gasteiger partial charge >= 0.3 is 0 Å². The maximum atomic E-state index is 13.9. The summed E-state index contributed by atoms with van der Waals surface area (Å²) in [5.41, 5.74) is 1.38. The van der Waals surface area contributed by atoms with Gasteiger partial charge in [0.05, 0.1) is 6.61 Å². The van der Waals surface area contributed by atoms with E-state index in [2.05, 4.69) is 0 Å². The van der Waals surface area contributed by atoms with Gasteiger partial charge in [-0.3, -0.25) is 4.79 Å². The van der Waals surface area contributed by atoms with E-state index in [1.54, 1.807) is 12.1 Å². The third-order valence-corrected chi connectivity index (χ3v) is 3.14. The third kappa shape index (κ3) is 1.63. The van der Waals surface area contributed by atoms with Gasteiger partial charge in [-0.2, -0.15) is 0 Å². The number of carbonyl (C=O) groups excluding carboxylic acids is 1. The van der Waals surface area contributed by atoms with Crippen LogP contribution in [0.3, 0.4) is 0 Å². The molecule has 1 aliphatic heterocycles. The molecule has 3 rings (SSSR count). The zero-order valence-electron chi connectivity index (χ0n) is 9.20. The van der Waals surface area contributed by atoms with Crippen molar-refractivity contribution in [3.8, 4) is 0 Å². The average Bonchev–Trinajstić information content (AvgIpc) is 2.53. The highest BCUT2D eigenvalue weighted by Gasteiger charge is 2.19. The molecule has 0 atom stereocenters. The summed E-state index contributed by atoms with van der Waals surface area (Å²) >= 11 is 0. The summed E-state index contributed by atoms with van der Waals surface area (Å²) in [4.78, 5) is 11.8. The maximum Gasteiger partial charge on any atom is 0.188 e. The lowest BCUT2D eigenvalue weighted by molar-refractivity contribution is 0.0788. The summed E-state index contributed by atoms with van der Waals surface area (Å²) in [6, 6.07) is 8.59. The van der Waals surface area contributed by atoms with Crippen LogP contribution < -0.4 is 0 Å². The molecule has 2 aromatic rings. The van der Waals surface area contributed by atoms with Crippen LogP contribution in [0.25, 0.3) is 10.8 Å². The van der Waals surface area contributed by atoms with E-state index in [4.69, 9.17) is 4.74 Å². The van der Waals surface area contributed by atoms with Crippen molar-refractivity contribution in [2.24, 2.45) is 0 Å². The first kappa shape index (κ1) is 10.4. The van der Waals surface area contributed by atoms with E-state index in [1.165, 1.54) is 6.07 Å². The minimum atomic E-state index is -0.338. The molecule has 2 aromatic carbocycles. The molecule has 0 unspecified atom stereocenters. The Hall–Kier alpha value is -1.74. The Bertz CT molecular complexity index is 604. The Morgan fingerprint density at radius 2 is 1.94 bits per heavy atom. The van der Waals surface area contributed by atoms with E-state index in [-0.39, 0.29) is 18.2 Å². The third-order valence-electron chi connectivity index (χ3n) is 3.14. The molecule has 0 aromatic heterocycles. The number of Topliss-reactive ketones (excluding diaryl/α,β-unsaturated/α-hetero) is 1. The first-order valence-electron chi connectivity index (χ1n) is 5.58. The topological polar surface area (TPSA) is 26.3 Å². The minimum absolute atomic E-state index is 0.0464. The number of benzene rings is 2. The highest BCUT2D eigenvalue weighted by molar-refractivity contribution is 6.03. The molecule has 3 heteroatoms. The van der Waals surface area contributed by atoms with Crippen LogP contribution in [0.4, 0.5) is 4.39 Å². The molecular weight excluding hydrogens is 219 g/mol. The summed E-state index contributed by atoms with van der Waals surface area (Å²) in [5.74, 6) is -0.475. The lowest BCUT2D eigenvalue weighted by Gasteiger charge is -2.09. The van der Waals surface area contributed by atoms with Crippen LogP contribution in [0.2, 0.25) is 0 Å². The fraction of sp³-hybridized carbons (Fsp3) is 0.214. The zero-order chi connectivity index (χ0) is 11.8. The fourth-order valence-electron chi connectivity index (χ4n) is 2.33. The number of hydrogen-bond acceptors (Lipinski definition) is 2. The molecule has 1 heterocycles. The molecule has 0 N–H and O–H groups in total. The number of halogens is 1. The van der Waals surface area contributed by atoms with Crippen molar-refractivity contribution >= 4 is 16.6 Å². The van der Waals surface area contributed by atoms with Crippen molar-refractivity contribution in [1.29, 1.82) is 0 Å². The molecule has 0 fully saturated rings. The van der Waals surface area contributed by atoms with Crippen LogP contribution in [0.15, 0.2) is 30.3 Å². The highest BCUT2D eigenvalue weighted by atomic mass is 19.1. The Labute approximate surface area is 98.0 Å². The van der Waals surface area contributed by atoms with Crippen molar-refractivity contribution in [2.75, 3.05) is 13.2 Å². The van der Waals surface area contributed by atoms with Crippen molar-refractivity contribution < 1.29 is 13.9 Å². The summed E-state index contributed by atoms with van der Waals surface area (Å²) in [5, 5.41) is 1.39. The van der Waals surface area contributed by atoms with Gasteiger partial charge in [0.15, 0.2) is 5.78 Å². The Kier molecular flexibility index (Phi) is 2.41.